The van der Waals surface area contributed by atoms with E-state index in [9.17, 15) is 5.26 Å². The van der Waals surface area contributed by atoms with Gasteiger partial charge in [0, 0.05) is 13.0 Å². The first-order valence-electron chi connectivity index (χ1n) is 7.39. The van der Waals surface area contributed by atoms with E-state index in [0.717, 1.165) is 42.8 Å². The Kier molecular flexibility index (Phi) is 3.83. The molecule has 1 aromatic carbocycles. The molecule has 0 amide bonds. The summed E-state index contributed by atoms with van der Waals surface area (Å²) in [5.74, 6) is 1.71. The zero-order valence-corrected chi connectivity index (χ0v) is 12.2. The monoisotopic (exact) mass is 278 g/mol. The fourth-order valence-electron chi connectivity index (χ4n) is 2.74. The number of benzene rings is 1. The van der Waals surface area contributed by atoms with Crippen LogP contribution in [-0.4, -0.2) is 14.8 Å². The number of rotatable bonds is 2. The summed E-state index contributed by atoms with van der Waals surface area (Å²) >= 11 is 0. The molecule has 0 unspecified atom stereocenters. The van der Waals surface area contributed by atoms with Crippen LogP contribution in [0.25, 0.3) is 11.6 Å². The molecule has 0 radical (unpaired) electrons. The highest BCUT2D eigenvalue weighted by Crippen LogP contribution is 2.22. The van der Waals surface area contributed by atoms with Gasteiger partial charge < -0.3 is 4.57 Å². The second kappa shape index (κ2) is 5.92. The number of nitrogens with zero attached hydrogens (tertiary/aromatic N) is 4. The van der Waals surface area contributed by atoms with Gasteiger partial charge in [0.2, 0.25) is 0 Å². The van der Waals surface area contributed by atoms with Crippen LogP contribution in [0.3, 0.4) is 0 Å². The third-order valence-corrected chi connectivity index (χ3v) is 3.96. The molecule has 1 aliphatic heterocycles. The number of allylic oxidation sites excluding steroid dienone is 1. The van der Waals surface area contributed by atoms with Crippen molar-refractivity contribution in [2.75, 3.05) is 0 Å². The second-order valence-electron chi connectivity index (χ2n) is 5.43. The van der Waals surface area contributed by atoms with E-state index in [1.807, 2.05) is 37.3 Å². The van der Waals surface area contributed by atoms with Crippen LogP contribution < -0.4 is 0 Å². The predicted octanol–water partition coefficient (Wildman–Crippen LogP) is 3.38. The lowest BCUT2D eigenvalue weighted by Gasteiger charge is -2.06. The molecule has 21 heavy (non-hydrogen) atoms. The SMILES string of the molecule is Cc1ccccc1/C=C(\C#N)c1nnc2n1CCCCC2. The van der Waals surface area contributed by atoms with E-state index in [0.29, 0.717) is 11.4 Å². The molecule has 106 valence electrons. The minimum absolute atomic E-state index is 0.588. The van der Waals surface area contributed by atoms with Crippen LogP contribution in [0.2, 0.25) is 0 Å². The molecule has 3 rings (SSSR count). The number of hydrogen-bond acceptors (Lipinski definition) is 3. The highest BCUT2D eigenvalue weighted by Gasteiger charge is 2.17. The lowest BCUT2D eigenvalue weighted by Crippen LogP contribution is -2.05. The highest BCUT2D eigenvalue weighted by atomic mass is 15.3. The third kappa shape index (κ3) is 2.73. The summed E-state index contributed by atoms with van der Waals surface area (Å²) in [5.41, 5.74) is 2.80. The van der Waals surface area contributed by atoms with Crippen LogP contribution >= 0.6 is 0 Å². The Morgan fingerprint density at radius 1 is 1.24 bits per heavy atom. The van der Waals surface area contributed by atoms with Crippen molar-refractivity contribution in [3.8, 4) is 6.07 Å². The maximum absolute atomic E-state index is 9.52. The van der Waals surface area contributed by atoms with Gasteiger partial charge in [0.25, 0.3) is 0 Å². The summed E-state index contributed by atoms with van der Waals surface area (Å²) in [6.07, 6.45) is 6.36. The van der Waals surface area contributed by atoms with Crippen LogP contribution in [0.1, 0.15) is 42.0 Å². The summed E-state index contributed by atoms with van der Waals surface area (Å²) < 4.78 is 2.11. The van der Waals surface area contributed by atoms with E-state index in [-0.39, 0.29) is 0 Å². The smallest absolute Gasteiger partial charge is 0.174 e. The Morgan fingerprint density at radius 3 is 2.90 bits per heavy atom. The maximum atomic E-state index is 9.52. The summed E-state index contributed by atoms with van der Waals surface area (Å²) in [6, 6.07) is 10.3. The molecule has 0 bridgehead atoms. The van der Waals surface area contributed by atoms with E-state index in [1.165, 1.54) is 6.42 Å². The Balaban J connectivity index is 2.04. The Labute approximate surface area is 124 Å². The van der Waals surface area contributed by atoms with E-state index >= 15 is 0 Å². The van der Waals surface area contributed by atoms with Crippen LogP contribution in [0.5, 0.6) is 0 Å². The summed E-state index contributed by atoms with van der Waals surface area (Å²) in [7, 11) is 0. The minimum Gasteiger partial charge on any atom is -0.310 e. The highest BCUT2D eigenvalue weighted by molar-refractivity contribution is 5.87. The van der Waals surface area contributed by atoms with Crippen molar-refractivity contribution in [3.63, 3.8) is 0 Å². The summed E-state index contributed by atoms with van der Waals surface area (Å²) in [5, 5.41) is 18.1. The Bertz CT molecular complexity index is 719. The molecule has 0 fully saturated rings. The summed E-state index contributed by atoms with van der Waals surface area (Å²) in [4.78, 5) is 0. The van der Waals surface area contributed by atoms with Gasteiger partial charge >= 0.3 is 0 Å². The summed E-state index contributed by atoms with van der Waals surface area (Å²) in [6.45, 7) is 2.95. The normalized spacial score (nSPS) is 15.1. The molecule has 0 saturated heterocycles. The third-order valence-electron chi connectivity index (χ3n) is 3.96. The van der Waals surface area contributed by atoms with Gasteiger partial charge in [-0.1, -0.05) is 30.7 Å². The van der Waals surface area contributed by atoms with Gasteiger partial charge in [-0.05, 0) is 37.0 Å². The molecule has 4 nitrogen and oxygen atoms in total. The molecule has 0 atom stereocenters. The molecule has 0 aliphatic carbocycles. The first-order valence-corrected chi connectivity index (χ1v) is 7.39. The van der Waals surface area contributed by atoms with Gasteiger partial charge in [0.1, 0.15) is 11.9 Å². The molecule has 2 heterocycles. The van der Waals surface area contributed by atoms with E-state index in [2.05, 4.69) is 20.8 Å². The van der Waals surface area contributed by atoms with Crippen molar-refractivity contribution >= 4 is 11.6 Å². The standard InChI is InChI=1S/C17H18N4/c1-13-7-4-5-8-14(13)11-15(12-18)17-20-19-16-9-3-2-6-10-21(16)17/h4-5,7-8,11H,2-3,6,9-10H2,1H3/b15-11+. The second-order valence-corrected chi connectivity index (χ2v) is 5.43. The molecule has 0 N–H and O–H groups in total. The molecule has 2 aromatic rings. The lowest BCUT2D eigenvalue weighted by molar-refractivity contribution is 0.627. The number of hydrogen-bond donors (Lipinski definition) is 0. The quantitative estimate of drug-likeness (QED) is 0.791. The number of nitriles is 1. The zero-order valence-electron chi connectivity index (χ0n) is 12.2. The average Bonchev–Trinajstić information content (AvgIpc) is 2.75. The van der Waals surface area contributed by atoms with Crippen molar-refractivity contribution in [2.24, 2.45) is 0 Å². The predicted molar refractivity (Wildman–Crippen MR) is 82.2 cm³/mol. The molecule has 1 aliphatic rings. The molecule has 0 spiro atoms. The van der Waals surface area contributed by atoms with Gasteiger partial charge in [0.15, 0.2) is 5.82 Å². The van der Waals surface area contributed by atoms with Crippen molar-refractivity contribution in [1.29, 1.82) is 5.26 Å². The van der Waals surface area contributed by atoms with E-state index in [4.69, 9.17) is 0 Å². The van der Waals surface area contributed by atoms with Crippen molar-refractivity contribution in [1.82, 2.24) is 14.8 Å². The topological polar surface area (TPSA) is 54.5 Å². The zero-order chi connectivity index (χ0) is 14.7. The number of fused-ring (bicyclic) bond motifs is 1. The lowest BCUT2D eigenvalue weighted by atomic mass is 10.1. The molecule has 0 saturated carbocycles. The fraction of sp³-hybridized carbons (Fsp3) is 0.353. The largest absolute Gasteiger partial charge is 0.310 e. The molecule has 1 aromatic heterocycles. The minimum atomic E-state index is 0.588. The first-order chi connectivity index (χ1) is 10.3. The van der Waals surface area contributed by atoms with Crippen molar-refractivity contribution in [3.05, 3.63) is 47.0 Å². The first kappa shape index (κ1) is 13.6. The Hall–Kier alpha value is -2.41. The van der Waals surface area contributed by atoms with Crippen LogP contribution in [0.15, 0.2) is 24.3 Å². The van der Waals surface area contributed by atoms with Gasteiger partial charge in [-0.15, -0.1) is 10.2 Å². The van der Waals surface area contributed by atoms with Crippen molar-refractivity contribution in [2.45, 2.75) is 39.2 Å². The van der Waals surface area contributed by atoms with E-state index < -0.39 is 0 Å². The average molecular weight is 278 g/mol. The van der Waals surface area contributed by atoms with Gasteiger partial charge in [-0.2, -0.15) is 5.26 Å². The maximum Gasteiger partial charge on any atom is 0.174 e. The van der Waals surface area contributed by atoms with Crippen LogP contribution in [0, 0.1) is 18.3 Å². The van der Waals surface area contributed by atoms with Crippen LogP contribution in [0.4, 0.5) is 0 Å². The number of aryl methyl sites for hydroxylation is 2. The molecular weight excluding hydrogens is 260 g/mol. The van der Waals surface area contributed by atoms with E-state index in [1.54, 1.807) is 0 Å². The molecule has 4 heteroatoms. The Morgan fingerprint density at radius 2 is 2.10 bits per heavy atom. The number of aromatic nitrogens is 3. The van der Waals surface area contributed by atoms with Crippen LogP contribution in [-0.2, 0) is 13.0 Å². The fourth-order valence-corrected chi connectivity index (χ4v) is 2.74. The van der Waals surface area contributed by atoms with Gasteiger partial charge in [0.05, 0.1) is 5.57 Å². The van der Waals surface area contributed by atoms with Crippen molar-refractivity contribution < 1.29 is 0 Å². The van der Waals surface area contributed by atoms with Gasteiger partial charge in [-0.25, -0.2) is 0 Å². The van der Waals surface area contributed by atoms with Gasteiger partial charge in [-0.3, -0.25) is 0 Å². The molecular formula is C17H18N4.